The number of esters is 1. The zero-order valence-electron chi connectivity index (χ0n) is 23.4. The van der Waals surface area contributed by atoms with Gasteiger partial charge in [-0.2, -0.15) is 0 Å². The molecule has 0 radical (unpaired) electrons. The Balaban J connectivity index is 1.52. The van der Waals surface area contributed by atoms with Gasteiger partial charge in [-0.3, -0.25) is 9.59 Å². The molecule has 0 saturated carbocycles. The molecule has 3 atom stereocenters. The van der Waals surface area contributed by atoms with Crippen LogP contribution < -0.4 is 20.1 Å². The molecule has 0 saturated heterocycles. The van der Waals surface area contributed by atoms with Crippen LogP contribution >= 0.6 is 39.7 Å². The van der Waals surface area contributed by atoms with Crippen molar-refractivity contribution in [1.82, 2.24) is 15.5 Å². The van der Waals surface area contributed by atoms with Crippen LogP contribution in [0.3, 0.4) is 0 Å². The number of allylic oxidation sites excluding steroid dienone is 2. The normalized spacial score (nSPS) is 20.0. The summed E-state index contributed by atoms with van der Waals surface area (Å²) in [6, 6.07) is 7.30. The van der Waals surface area contributed by atoms with E-state index >= 15 is 0 Å². The Bertz CT molecular complexity index is 1300. The van der Waals surface area contributed by atoms with Gasteiger partial charge in [0.15, 0.2) is 11.5 Å². The second kappa shape index (κ2) is 14.5. The smallest absolute Gasteiger partial charge is 0.315 e. The summed E-state index contributed by atoms with van der Waals surface area (Å²) in [7, 11) is 0.176. The first-order valence-electron chi connectivity index (χ1n) is 13.4. The number of thiophene rings is 1. The van der Waals surface area contributed by atoms with E-state index in [1.165, 1.54) is 12.0 Å². The number of unbranched alkanes of at least 4 members (excludes halogenated alkanes) is 1. The summed E-state index contributed by atoms with van der Waals surface area (Å²) in [5.41, 5.74) is 0.663. The second-order valence-corrected chi connectivity index (χ2v) is 18.9. The molecule has 0 aliphatic carbocycles. The Hall–Kier alpha value is -2.71. The average molecular weight is 714 g/mol. The Kier molecular flexibility index (Phi) is 11.0. The molecule has 1 aromatic heterocycles. The minimum atomic E-state index is -1.13. The van der Waals surface area contributed by atoms with Crippen LogP contribution in [-0.2, 0) is 20.9 Å². The quantitative estimate of drug-likeness (QED) is 0.190. The van der Waals surface area contributed by atoms with Gasteiger partial charge < -0.3 is 29.7 Å². The number of benzene rings is 1. The monoisotopic (exact) mass is 713 g/mol. The molecule has 1 aromatic carbocycles. The lowest BCUT2D eigenvalue weighted by atomic mass is 10.0. The number of halogens is 1. The van der Waals surface area contributed by atoms with Gasteiger partial charge in [0.1, 0.15) is 6.04 Å². The predicted molar refractivity (Wildman–Crippen MR) is 171 cm³/mol. The minimum absolute atomic E-state index is 0.0835. The Labute approximate surface area is 258 Å². The number of hydrogen-bond donors (Lipinski definition) is 2. The topological polar surface area (TPSA) is 106 Å². The second-order valence-electron chi connectivity index (χ2n) is 9.87. The summed E-state index contributed by atoms with van der Waals surface area (Å²) >= 11 is 4.08. The van der Waals surface area contributed by atoms with Gasteiger partial charge >= 0.3 is 12.0 Å². The van der Waals surface area contributed by atoms with E-state index < -0.39 is 31.3 Å². The van der Waals surface area contributed by atoms with E-state index in [9.17, 15) is 14.4 Å². The lowest BCUT2D eigenvalue weighted by Crippen LogP contribution is -2.52. The standard InChI is InChI=1S/C29H36IN3O6S2/c1-4-5-10-23(28(35)33(17-21-8-6-13-40-21)18-22-9-7-14-41(22,3)30)31-29(36)32-24(16-27(34)37-2)20-11-12-25-26(15-20)39-19-38-25/h6-9,11-15,23-24H,4-5,10,16-19H2,1-3H3,(H2,31,32,36)/t23-,24+/m0/s1. The van der Waals surface area contributed by atoms with Crippen LogP contribution in [0.2, 0.25) is 0 Å². The summed E-state index contributed by atoms with van der Waals surface area (Å²) in [6.07, 6.45) is 8.43. The molecule has 0 bridgehead atoms. The molecule has 2 aliphatic heterocycles. The van der Waals surface area contributed by atoms with E-state index in [0.29, 0.717) is 36.6 Å². The lowest BCUT2D eigenvalue weighted by molar-refractivity contribution is -0.141. The van der Waals surface area contributed by atoms with Crippen LogP contribution in [0.1, 0.15) is 49.1 Å². The van der Waals surface area contributed by atoms with Crippen LogP contribution in [0.25, 0.3) is 0 Å². The van der Waals surface area contributed by atoms with Crippen molar-refractivity contribution in [1.29, 1.82) is 0 Å². The summed E-state index contributed by atoms with van der Waals surface area (Å²) in [6.45, 7) is 3.13. The van der Waals surface area contributed by atoms with Crippen LogP contribution in [0, 0.1) is 0 Å². The molecular weight excluding hydrogens is 677 g/mol. The van der Waals surface area contributed by atoms with Gasteiger partial charge in [0.2, 0.25) is 12.7 Å². The van der Waals surface area contributed by atoms with Gasteiger partial charge in [-0.1, -0.05) is 44.1 Å². The Morgan fingerprint density at radius 2 is 1.98 bits per heavy atom. The van der Waals surface area contributed by atoms with Crippen LogP contribution in [0.4, 0.5) is 4.79 Å². The molecule has 12 heteroatoms. The van der Waals surface area contributed by atoms with E-state index in [-0.39, 0.29) is 19.1 Å². The van der Waals surface area contributed by atoms with Crippen molar-refractivity contribution in [3.05, 3.63) is 68.6 Å². The van der Waals surface area contributed by atoms with Crippen molar-refractivity contribution >= 4 is 57.6 Å². The number of rotatable bonds is 13. The third-order valence-corrected chi connectivity index (χ3v) is 12.3. The number of nitrogens with zero attached hydrogens (tertiary/aromatic N) is 1. The van der Waals surface area contributed by atoms with Crippen molar-refractivity contribution in [2.45, 2.75) is 51.2 Å². The van der Waals surface area contributed by atoms with E-state index in [1.807, 2.05) is 22.4 Å². The van der Waals surface area contributed by atoms with Crippen molar-refractivity contribution in [2.75, 3.05) is 26.7 Å². The molecule has 1 unspecified atom stereocenters. The zero-order valence-corrected chi connectivity index (χ0v) is 27.2. The maximum atomic E-state index is 14.1. The summed E-state index contributed by atoms with van der Waals surface area (Å²) < 4.78 is 15.7. The molecule has 0 fully saturated rings. The first-order chi connectivity index (χ1) is 19.7. The van der Waals surface area contributed by atoms with Crippen molar-refractivity contribution in [2.24, 2.45) is 0 Å². The molecular formula is C29H36IN3O6S2. The van der Waals surface area contributed by atoms with Crippen LogP contribution in [0.15, 0.2) is 58.2 Å². The fourth-order valence-corrected chi connectivity index (χ4v) is 7.95. The molecule has 9 nitrogen and oxygen atoms in total. The van der Waals surface area contributed by atoms with Crippen LogP contribution in [0.5, 0.6) is 11.5 Å². The SMILES string of the molecule is CCCC[C@H](NC(=O)N[C@H](CC(=O)OC)c1ccc2c(c1)OCO2)C(=O)N(CC1=CC=CS1(C)I)Cc1cccs1. The van der Waals surface area contributed by atoms with E-state index in [2.05, 4.69) is 62.6 Å². The minimum Gasteiger partial charge on any atom is -0.469 e. The highest BCUT2D eigenvalue weighted by Crippen LogP contribution is 2.63. The molecule has 4 rings (SSSR count). The van der Waals surface area contributed by atoms with Gasteiger partial charge in [0.25, 0.3) is 0 Å². The fourth-order valence-electron chi connectivity index (χ4n) is 4.56. The molecule has 0 spiro atoms. The van der Waals surface area contributed by atoms with Gasteiger partial charge in [0, 0.05) is 4.88 Å². The average Bonchev–Trinajstić information content (AvgIpc) is 3.71. The Morgan fingerprint density at radius 1 is 1.17 bits per heavy atom. The van der Waals surface area contributed by atoms with Crippen molar-refractivity contribution in [3.63, 3.8) is 0 Å². The number of amides is 3. The number of hydrogen-bond acceptors (Lipinski definition) is 7. The van der Waals surface area contributed by atoms with Gasteiger partial charge in [0.05, 0.1) is 32.7 Å². The highest BCUT2D eigenvalue weighted by Gasteiger charge is 2.31. The summed E-state index contributed by atoms with van der Waals surface area (Å²) in [5.74, 6) is 0.536. The van der Waals surface area contributed by atoms with Gasteiger partial charge in [-0.25, -0.2) is 4.79 Å². The van der Waals surface area contributed by atoms with Gasteiger partial charge in [-0.05, 0) is 73.3 Å². The third-order valence-electron chi connectivity index (χ3n) is 6.87. The zero-order chi connectivity index (χ0) is 29.4. The number of nitrogens with one attached hydrogen (secondary N) is 2. The first kappa shape index (κ1) is 31.2. The van der Waals surface area contributed by atoms with Gasteiger partial charge in [-0.15, -0.1) is 18.5 Å². The molecule has 2 aromatic rings. The fraction of sp³-hybridized carbons (Fsp3) is 0.414. The number of urea groups is 1. The maximum Gasteiger partial charge on any atom is 0.315 e. The number of methoxy groups -OCH3 is 1. The summed E-state index contributed by atoms with van der Waals surface area (Å²) in [5, 5.41) is 10.0. The first-order valence-corrected chi connectivity index (χ1v) is 18.9. The highest BCUT2D eigenvalue weighted by atomic mass is 127. The van der Waals surface area contributed by atoms with Crippen LogP contribution in [-0.4, -0.2) is 55.6 Å². The third kappa shape index (κ3) is 8.41. The molecule has 3 heterocycles. The highest BCUT2D eigenvalue weighted by molar-refractivity contribution is 14.2. The number of ether oxygens (including phenoxy) is 3. The molecule has 3 amide bonds. The lowest BCUT2D eigenvalue weighted by Gasteiger charge is -2.33. The molecule has 41 heavy (non-hydrogen) atoms. The van der Waals surface area contributed by atoms with E-state index in [1.54, 1.807) is 29.5 Å². The molecule has 2 N–H and O–H groups in total. The Morgan fingerprint density at radius 3 is 2.66 bits per heavy atom. The number of fused-ring (bicyclic) bond motifs is 1. The maximum absolute atomic E-state index is 14.1. The van der Waals surface area contributed by atoms with Crippen molar-refractivity contribution in [3.8, 4) is 11.5 Å². The number of carbonyl (C=O) groups is 3. The predicted octanol–water partition coefficient (Wildman–Crippen LogP) is 6.16. The van der Waals surface area contributed by atoms with E-state index in [4.69, 9.17) is 14.2 Å². The summed E-state index contributed by atoms with van der Waals surface area (Å²) in [4.78, 5) is 43.8. The number of carbonyl (C=O) groups excluding carboxylic acids is 3. The largest absolute Gasteiger partial charge is 0.469 e. The molecule has 2 aliphatic rings. The molecule has 222 valence electrons. The van der Waals surface area contributed by atoms with Crippen molar-refractivity contribution < 1.29 is 28.6 Å². The van der Waals surface area contributed by atoms with E-state index in [0.717, 1.165) is 17.7 Å².